The van der Waals surface area contributed by atoms with Crippen LogP contribution in [0.4, 0.5) is 13.2 Å². The molecule has 0 aromatic heterocycles. The van der Waals surface area contributed by atoms with Crippen molar-refractivity contribution >= 4 is 0 Å². The third kappa shape index (κ3) is 2.59. The average molecular weight is 260 g/mol. The van der Waals surface area contributed by atoms with Gasteiger partial charge in [0.25, 0.3) is 0 Å². The molecular weight excluding hydrogens is 245 g/mol. The van der Waals surface area contributed by atoms with Gasteiger partial charge in [-0.1, -0.05) is 0 Å². The minimum absolute atomic E-state index is 0.0491. The summed E-state index contributed by atoms with van der Waals surface area (Å²) < 4.78 is 45.5. The summed E-state index contributed by atoms with van der Waals surface area (Å²) in [5, 5.41) is 3.14. The first-order valence-electron chi connectivity index (χ1n) is 5.77. The number of nitrogens with one attached hydrogen (secondary N) is 1. The van der Waals surface area contributed by atoms with Crippen LogP contribution in [0, 0.1) is 17.5 Å². The lowest BCUT2D eigenvalue weighted by atomic mass is 10.1. The molecule has 100 valence electrons. The van der Waals surface area contributed by atoms with Crippen molar-refractivity contribution in [3.05, 3.63) is 29.1 Å². The second-order valence-electron chi connectivity index (χ2n) is 4.19. The standard InChI is InChI=1S/C12H15F3N2O/c1-18-10-6-9(13)11(14)8(12(10)15)7-17-4-2-16-3-5-17/h6,16H,2-5,7H2,1H3. The molecule has 1 N–H and O–H groups in total. The Balaban J connectivity index is 2.27. The lowest BCUT2D eigenvalue weighted by molar-refractivity contribution is 0.224. The molecule has 0 bridgehead atoms. The van der Waals surface area contributed by atoms with Gasteiger partial charge in [-0.05, 0) is 0 Å². The van der Waals surface area contributed by atoms with Crippen molar-refractivity contribution in [3.8, 4) is 5.75 Å². The van der Waals surface area contributed by atoms with Crippen molar-refractivity contribution in [2.24, 2.45) is 0 Å². The highest BCUT2D eigenvalue weighted by Crippen LogP contribution is 2.26. The molecule has 1 heterocycles. The number of methoxy groups -OCH3 is 1. The molecule has 2 rings (SSSR count). The first kappa shape index (κ1) is 13.2. The van der Waals surface area contributed by atoms with Gasteiger partial charge in [-0.2, -0.15) is 0 Å². The molecule has 18 heavy (non-hydrogen) atoms. The van der Waals surface area contributed by atoms with E-state index in [0.29, 0.717) is 13.1 Å². The predicted molar refractivity (Wildman–Crippen MR) is 61.0 cm³/mol. The van der Waals surface area contributed by atoms with Gasteiger partial charge in [-0.25, -0.2) is 13.2 Å². The molecule has 0 spiro atoms. The van der Waals surface area contributed by atoms with Crippen LogP contribution in [0.1, 0.15) is 5.56 Å². The fourth-order valence-electron chi connectivity index (χ4n) is 2.01. The van der Waals surface area contributed by atoms with Crippen molar-refractivity contribution < 1.29 is 17.9 Å². The molecule has 1 fully saturated rings. The number of nitrogens with zero attached hydrogens (tertiary/aromatic N) is 1. The van der Waals surface area contributed by atoms with Gasteiger partial charge in [0.15, 0.2) is 23.2 Å². The Hall–Kier alpha value is -1.27. The summed E-state index contributed by atoms with van der Waals surface area (Å²) in [6, 6.07) is 0.728. The van der Waals surface area contributed by atoms with Crippen LogP contribution in [-0.2, 0) is 6.54 Å². The van der Waals surface area contributed by atoms with Crippen molar-refractivity contribution in [1.29, 1.82) is 0 Å². The normalized spacial score (nSPS) is 16.9. The maximum Gasteiger partial charge on any atom is 0.172 e. The summed E-state index contributed by atoms with van der Waals surface area (Å²) in [5.74, 6) is -3.31. The van der Waals surface area contributed by atoms with Gasteiger partial charge < -0.3 is 10.1 Å². The zero-order chi connectivity index (χ0) is 13.1. The second kappa shape index (κ2) is 5.58. The van der Waals surface area contributed by atoms with Gasteiger partial charge in [-0.15, -0.1) is 0 Å². The monoisotopic (exact) mass is 260 g/mol. The number of hydrogen-bond donors (Lipinski definition) is 1. The molecule has 0 radical (unpaired) electrons. The minimum atomic E-state index is -1.13. The Kier molecular flexibility index (Phi) is 4.08. The summed E-state index contributed by atoms with van der Waals surface area (Å²) >= 11 is 0. The summed E-state index contributed by atoms with van der Waals surface area (Å²) in [5.41, 5.74) is -0.270. The van der Waals surface area contributed by atoms with Crippen LogP contribution in [0.3, 0.4) is 0 Å². The van der Waals surface area contributed by atoms with E-state index in [4.69, 9.17) is 4.74 Å². The van der Waals surface area contributed by atoms with E-state index in [-0.39, 0.29) is 17.9 Å². The molecule has 1 aromatic rings. The fourth-order valence-corrected chi connectivity index (χ4v) is 2.01. The Morgan fingerprint density at radius 2 is 1.89 bits per heavy atom. The first-order valence-corrected chi connectivity index (χ1v) is 5.77. The molecule has 1 aromatic carbocycles. The fraction of sp³-hybridized carbons (Fsp3) is 0.500. The van der Waals surface area contributed by atoms with Crippen LogP contribution >= 0.6 is 0 Å². The summed E-state index contributed by atoms with van der Waals surface area (Å²) in [4.78, 5) is 1.87. The third-order valence-electron chi connectivity index (χ3n) is 3.02. The zero-order valence-electron chi connectivity index (χ0n) is 10.1. The highest BCUT2D eigenvalue weighted by molar-refractivity contribution is 5.33. The molecular formula is C12H15F3N2O. The third-order valence-corrected chi connectivity index (χ3v) is 3.02. The molecule has 0 atom stereocenters. The largest absolute Gasteiger partial charge is 0.494 e. The SMILES string of the molecule is COc1cc(F)c(F)c(CN2CCNCC2)c1F. The van der Waals surface area contributed by atoms with Crippen LogP contribution in [0.5, 0.6) is 5.75 Å². The smallest absolute Gasteiger partial charge is 0.172 e. The summed E-state index contributed by atoms with van der Waals surface area (Å²) in [6.07, 6.45) is 0. The van der Waals surface area contributed by atoms with E-state index in [1.165, 1.54) is 7.11 Å². The average Bonchev–Trinajstić information content (AvgIpc) is 2.40. The molecule has 0 unspecified atom stereocenters. The van der Waals surface area contributed by atoms with Gasteiger partial charge in [0.2, 0.25) is 0 Å². The lowest BCUT2D eigenvalue weighted by Crippen LogP contribution is -2.43. The van der Waals surface area contributed by atoms with Gasteiger partial charge in [0.1, 0.15) is 0 Å². The maximum atomic E-state index is 13.9. The number of piperazine rings is 1. The predicted octanol–water partition coefficient (Wildman–Crippen LogP) is 1.52. The maximum absolute atomic E-state index is 13.9. The Bertz CT molecular complexity index is 434. The molecule has 6 heteroatoms. The van der Waals surface area contributed by atoms with E-state index in [0.717, 1.165) is 19.2 Å². The van der Waals surface area contributed by atoms with Crippen LogP contribution in [-0.4, -0.2) is 38.2 Å². The van der Waals surface area contributed by atoms with Crippen LogP contribution in [0.25, 0.3) is 0 Å². The molecule has 0 aliphatic carbocycles. The van der Waals surface area contributed by atoms with Crippen molar-refractivity contribution in [3.63, 3.8) is 0 Å². The molecule has 0 amide bonds. The second-order valence-corrected chi connectivity index (χ2v) is 4.19. The van der Waals surface area contributed by atoms with E-state index in [2.05, 4.69) is 5.32 Å². The molecule has 0 saturated carbocycles. The van der Waals surface area contributed by atoms with Gasteiger partial charge in [0.05, 0.1) is 7.11 Å². The number of hydrogen-bond acceptors (Lipinski definition) is 3. The molecule has 1 aliphatic heterocycles. The topological polar surface area (TPSA) is 24.5 Å². The van der Waals surface area contributed by atoms with E-state index in [1.54, 1.807) is 0 Å². The minimum Gasteiger partial charge on any atom is -0.494 e. The Morgan fingerprint density at radius 1 is 1.22 bits per heavy atom. The van der Waals surface area contributed by atoms with Crippen LogP contribution < -0.4 is 10.1 Å². The van der Waals surface area contributed by atoms with Crippen LogP contribution in [0.15, 0.2) is 6.07 Å². The van der Waals surface area contributed by atoms with E-state index in [1.807, 2.05) is 4.90 Å². The van der Waals surface area contributed by atoms with Crippen molar-refractivity contribution in [2.45, 2.75) is 6.54 Å². The lowest BCUT2D eigenvalue weighted by Gasteiger charge is -2.27. The summed E-state index contributed by atoms with van der Waals surface area (Å²) in [7, 11) is 1.23. The van der Waals surface area contributed by atoms with Crippen molar-refractivity contribution in [2.75, 3.05) is 33.3 Å². The van der Waals surface area contributed by atoms with Crippen LogP contribution in [0.2, 0.25) is 0 Å². The van der Waals surface area contributed by atoms with E-state index in [9.17, 15) is 13.2 Å². The molecule has 1 aliphatic rings. The van der Waals surface area contributed by atoms with Crippen molar-refractivity contribution in [1.82, 2.24) is 10.2 Å². The Labute approximate surface area is 104 Å². The summed E-state index contributed by atoms with van der Waals surface area (Å²) in [6.45, 7) is 2.92. The molecule has 1 saturated heterocycles. The highest BCUT2D eigenvalue weighted by atomic mass is 19.2. The zero-order valence-corrected chi connectivity index (χ0v) is 10.1. The first-order chi connectivity index (χ1) is 8.63. The molecule has 3 nitrogen and oxygen atoms in total. The van der Waals surface area contributed by atoms with E-state index >= 15 is 0 Å². The quantitative estimate of drug-likeness (QED) is 0.834. The number of ether oxygens (including phenoxy) is 1. The highest BCUT2D eigenvalue weighted by Gasteiger charge is 2.22. The van der Waals surface area contributed by atoms with E-state index < -0.39 is 17.5 Å². The number of halogens is 3. The van der Waals surface area contributed by atoms with Gasteiger partial charge >= 0.3 is 0 Å². The Morgan fingerprint density at radius 3 is 2.50 bits per heavy atom. The van der Waals surface area contributed by atoms with Gasteiger partial charge in [0, 0.05) is 44.4 Å². The van der Waals surface area contributed by atoms with Gasteiger partial charge in [-0.3, -0.25) is 4.90 Å². The number of benzene rings is 1. The number of rotatable bonds is 3.